The van der Waals surface area contributed by atoms with Crippen molar-refractivity contribution in [3.05, 3.63) is 69.6 Å². The summed E-state index contributed by atoms with van der Waals surface area (Å²) in [5.74, 6) is -0.708. The lowest BCUT2D eigenvalue weighted by atomic mass is 10.2. The maximum absolute atomic E-state index is 13.6. The van der Waals surface area contributed by atoms with Crippen molar-refractivity contribution in [2.75, 3.05) is 11.5 Å². The molecular formula is C19H12Cl2F4N4O2. The molecule has 1 aliphatic rings. The number of benzene rings is 1. The summed E-state index contributed by atoms with van der Waals surface area (Å²) in [7, 11) is 0. The van der Waals surface area contributed by atoms with Crippen molar-refractivity contribution in [1.29, 1.82) is 0 Å². The van der Waals surface area contributed by atoms with E-state index in [0.717, 1.165) is 23.1 Å². The molecule has 31 heavy (non-hydrogen) atoms. The van der Waals surface area contributed by atoms with Gasteiger partial charge in [-0.3, -0.25) is 0 Å². The largest absolute Gasteiger partial charge is 0.446 e. The molecule has 0 saturated carbocycles. The molecule has 0 aliphatic carbocycles. The second-order valence-corrected chi connectivity index (χ2v) is 7.50. The summed E-state index contributed by atoms with van der Waals surface area (Å²) < 4.78 is 59.9. The Morgan fingerprint density at radius 3 is 2.58 bits per heavy atom. The molecule has 3 aromatic rings. The van der Waals surface area contributed by atoms with Crippen LogP contribution in [0.25, 0.3) is 5.69 Å². The van der Waals surface area contributed by atoms with E-state index in [2.05, 4.69) is 9.97 Å². The molecule has 0 spiro atoms. The fourth-order valence-corrected chi connectivity index (χ4v) is 3.60. The van der Waals surface area contributed by atoms with E-state index in [4.69, 9.17) is 27.9 Å². The quantitative estimate of drug-likeness (QED) is 0.454. The second kappa shape index (κ2) is 7.69. The van der Waals surface area contributed by atoms with Crippen LogP contribution < -0.4 is 4.90 Å². The molecule has 1 saturated heterocycles. The van der Waals surface area contributed by atoms with Crippen LogP contribution in [0.5, 0.6) is 0 Å². The molecule has 1 amide bonds. The van der Waals surface area contributed by atoms with Crippen LogP contribution in [-0.2, 0) is 10.9 Å². The Labute approximate surface area is 183 Å². The Balaban J connectivity index is 1.82. The molecule has 2 aromatic heterocycles. The third kappa shape index (κ3) is 4.05. The number of pyridine rings is 1. The normalized spacial score (nSPS) is 16.7. The third-order valence-corrected chi connectivity index (χ3v) is 5.04. The van der Waals surface area contributed by atoms with E-state index in [1.165, 1.54) is 29.8 Å². The van der Waals surface area contributed by atoms with Gasteiger partial charge in [-0.1, -0.05) is 23.2 Å². The Morgan fingerprint density at radius 2 is 1.90 bits per heavy atom. The number of anilines is 1. The number of hydrogen-bond donors (Lipinski definition) is 0. The van der Waals surface area contributed by atoms with Gasteiger partial charge in [0.05, 0.1) is 10.6 Å². The number of hydrogen-bond acceptors (Lipinski definition) is 4. The molecule has 1 fully saturated rings. The third-order valence-electron chi connectivity index (χ3n) is 4.57. The van der Waals surface area contributed by atoms with E-state index in [-0.39, 0.29) is 34.1 Å². The number of nitrogens with zero attached hydrogens (tertiary/aromatic N) is 4. The maximum atomic E-state index is 13.6. The molecule has 1 aromatic carbocycles. The lowest BCUT2D eigenvalue weighted by Crippen LogP contribution is -2.30. The number of rotatable bonds is 3. The van der Waals surface area contributed by atoms with Gasteiger partial charge < -0.3 is 9.30 Å². The molecule has 4 rings (SSSR count). The second-order valence-electron chi connectivity index (χ2n) is 6.71. The van der Waals surface area contributed by atoms with Gasteiger partial charge in [-0.25, -0.2) is 24.1 Å². The van der Waals surface area contributed by atoms with Crippen LogP contribution in [0.4, 0.5) is 28.2 Å². The molecule has 0 bridgehead atoms. The molecule has 1 aliphatic heterocycles. The Hall–Kier alpha value is -2.85. The van der Waals surface area contributed by atoms with E-state index in [0.29, 0.717) is 5.69 Å². The van der Waals surface area contributed by atoms with Gasteiger partial charge in [0.25, 0.3) is 0 Å². The van der Waals surface area contributed by atoms with E-state index < -0.39 is 29.7 Å². The number of carbonyl (C=O) groups is 1. The van der Waals surface area contributed by atoms with Crippen molar-refractivity contribution >= 4 is 35.1 Å². The molecule has 12 heteroatoms. The van der Waals surface area contributed by atoms with Gasteiger partial charge in [0.1, 0.15) is 35.3 Å². The average molecular weight is 475 g/mol. The number of halogens is 6. The summed E-state index contributed by atoms with van der Waals surface area (Å²) >= 11 is 11.9. The lowest BCUT2D eigenvalue weighted by Gasteiger charge is -2.22. The molecule has 6 nitrogen and oxygen atoms in total. The summed E-state index contributed by atoms with van der Waals surface area (Å²) in [5, 5.41) is -0.109. The summed E-state index contributed by atoms with van der Waals surface area (Å²) in [5.41, 5.74) is -0.511. The number of alkyl halides is 3. The van der Waals surface area contributed by atoms with Crippen molar-refractivity contribution in [1.82, 2.24) is 14.5 Å². The monoisotopic (exact) mass is 474 g/mol. The van der Waals surface area contributed by atoms with Crippen molar-refractivity contribution in [3.63, 3.8) is 0 Å². The number of amides is 1. The highest BCUT2D eigenvalue weighted by Gasteiger charge is 2.41. The molecular weight excluding hydrogens is 463 g/mol. The number of ether oxygens (including phenoxy) is 1. The Bertz CT molecular complexity index is 1180. The smallest absolute Gasteiger partial charge is 0.416 e. The summed E-state index contributed by atoms with van der Waals surface area (Å²) in [6, 6.07) is 4.57. The summed E-state index contributed by atoms with van der Waals surface area (Å²) in [6.45, 7) is 1.17. The van der Waals surface area contributed by atoms with Gasteiger partial charge in [0.15, 0.2) is 0 Å². The standard InChI is InChI=1S/C19H12Cl2F4N4O2/c1-9-4-10(19(23,24)25)5-16(26-9)29-14(8-31-18(29)30)17-27-15(21)7-28(17)11-2-3-13(22)12(20)6-11/h2-7,14H,8H2,1H3/t14-/m0/s1. The maximum Gasteiger partial charge on any atom is 0.416 e. The van der Waals surface area contributed by atoms with Crippen LogP contribution in [0.3, 0.4) is 0 Å². The van der Waals surface area contributed by atoms with Gasteiger partial charge in [0, 0.05) is 17.6 Å². The van der Waals surface area contributed by atoms with Crippen LogP contribution in [0.1, 0.15) is 23.1 Å². The first-order valence-corrected chi connectivity index (χ1v) is 9.52. The number of aryl methyl sites for hydroxylation is 1. The highest BCUT2D eigenvalue weighted by Crippen LogP contribution is 2.37. The topological polar surface area (TPSA) is 60.3 Å². The zero-order chi connectivity index (χ0) is 22.5. The first-order valence-electron chi connectivity index (χ1n) is 8.76. The summed E-state index contributed by atoms with van der Waals surface area (Å²) in [6.07, 6.45) is -4.11. The van der Waals surface area contributed by atoms with Crippen LogP contribution in [-0.4, -0.2) is 27.2 Å². The Kier molecular flexibility index (Phi) is 5.30. The highest BCUT2D eigenvalue weighted by molar-refractivity contribution is 6.31. The van der Waals surface area contributed by atoms with E-state index in [9.17, 15) is 22.4 Å². The first-order chi connectivity index (χ1) is 14.5. The van der Waals surface area contributed by atoms with Crippen molar-refractivity contribution in [3.8, 4) is 5.69 Å². The lowest BCUT2D eigenvalue weighted by molar-refractivity contribution is -0.137. The zero-order valence-electron chi connectivity index (χ0n) is 15.6. The first kappa shape index (κ1) is 21.4. The minimum atomic E-state index is -4.63. The minimum absolute atomic E-state index is 0.0444. The molecule has 0 radical (unpaired) electrons. The number of aromatic nitrogens is 3. The number of cyclic esters (lactones) is 1. The van der Waals surface area contributed by atoms with Crippen molar-refractivity contribution in [2.24, 2.45) is 0 Å². The van der Waals surface area contributed by atoms with Gasteiger partial charge in [-0.15, -0.1) is 0 Å². The van der Waals surface area contributed by atoms with Crippen molar-refractivity contribution < 1.29 is 27.1 Å². The SMILES string of the molecule is Cc1cc(C(F)(F)F)cc(N2C(=O)OC[C@H]2c2nc(Cl)cn2-c2ccc(F)c(Cl)c2)n1. The predicted octanol–water partition coefficient (Wildman–Crippen LogP) is 5.74. The van der Waals surface area contributed by atoms with E-state index in [1.807, 2.05) is 0 Å². The Morgan fingerprint density at radius 1 is 1.16 bits per heavy atom. The van der Waals surface area contributed by atoms with Gasteiger partial charge in [-0.2, -0.15) is 13.2 Å². The average Bonchev–Trinajstić information content (AvgIpc) is 3.25. The van der Waals surface area contributed by atoms with Crippen LogP contribution in [0.15, 0.2) is 36.5 Å². The molecule has 1 atom stereocenters. The highest BCUT2D eigenvalue weighted by atomic mass is 35.5. The fraction of sp³-hybridized carbons (Fsp3) is 0.211. The van der Waals surface area contributed by atoms with Gasteiger partial charge in [0.2, 0.25) is 0 Å². The molecule has 0 unspecified atom stereocenters. The van der Waals surface area contributed by atoms with Crippen LogP contribution >= 0.6 is 23.2 Å². The molecule has 3 heterocycles. The number of imidazole rings is 1. The molecule has 162 valence electrons. The fourth-order valence-electron chi connectivity index (χ4n) is 3.24. The molecule has 0 N–H and O–H groups in total. The van der Waals surface area contributed by atoms with Crippen LogP contribution in [0.2, 0.25) is 10.2 Å². The summed E-state index contributed by atoms with van der Waals surface area (Å²) in [4.78, 5) is 21.7. The van der Waals surface area contributed by atoms with E-state index >= 15 is 0 Å². The predicted molar refractivity (Wildman–Crippen MR) is 104 cm³/mol. The number of carbonyl (C=O) groups excluding carboxylic acids is 1. The van der Waals surface area contributed by atoms with Gasteiger partial charge >= 0.3 is 12.3 Å². The minimum Gasteiger partial charge on any atom is -0.446 e. The van der Waals surface area contributed by atoms with Gasteiger partial charge in [-0.05, 0) is 37.3 Å². The van der Waals surface area contributed by atoms with Crippen molar-refractivity contribution in [2.45, 2.75) is 19.1 Å². The van der Waals surface area contributed by atoms with Crippen LogP contribution in [0, 0.1) is 12.7 Å². The van der Waals surface area contributed by atoms with E-state index in [1.54, 1.807) is 0 Å². The zero-order valence-corrected chi connectivity index (χ0v) is 17.1.